The summed E-state index contributed by atoms with van der Waals surface area (Å²) in [4.78, 5) is 24.3. The van der Waals surface area contributed by atoms with Crippen molar-refractivity contribution in [2.45, 2.75) is 18.9 Å². The average molecular weight is 578 g/mol. The van der Waals surface area contributed by atoms with Crippen LogP contribution in [0.15, 0.2) is 48.8 Å². The summed E-state index contributed by atoms with van der Waals surface area (Å²) < 4.78 is 39.0. The average Bonchev–Trinajstić information content (AvgIpc) is 3.43. The number of anilines is 5. The van der Waals surface area contributed by atoms with Crippen molar-refractivity contribution in [2.75, 3.05) is 62.0 Å². The number of hydrogen-bond donors (Lipinski definition) is 4. The molecule has 0 bridgehead atoms. The fourth-order valence-electron chi connectivity index (χ4n) is 5.77. The molecule has 2 aliphatic heterocycles. The number of nitrogens with one attached hydrogen (secondary N) is 3. The van der Waals surface area contributed by atoms with Crippen LogP contribution in [0.4, 0.5) is 37.3 Å². The van der Waals surface area contributed by atoms with Crippen LogP contribution in [-0.2, 0) is 4.74 Å². The standard InChI is InChI=1S/C30H33F2N7O3/c1-41-28-12-19(38-6-4-18(5-7-38)39-8-10-42-11-9-39)2-3-24(28)36-29-14-20-26(16-34-17-27(20)37-29)35-25-15-23(32)22(31)13-21(25)30(33)40/h2-3,12-18,35-37H,4-11H2,1H3,(H2,33,40). The zero-order chi connectivity index (χ0) is 29.2. The van der Waals surface area contributed by atoms with Gasteiger partial charge in [-0.3, -0.25) is 14.7 Å². The van der Waals surface area contributed by atoms with Crippen molar-refractivity contribution in [3.63, 3.8) is 0 Å². The number of aromatic amines is 1. The number of hydrogen-bond acceptors (Lipinski definition) is 8. The van der Waals surface area contributed by atoms with Gasteiger partial charge in [0, 0.05) is 55.4 Å². The molecule has 4 aromatic rings. The van der Waals surface area contributed by atoms with E-state index in [-0.39, 0.29) is 11.3 Å². The predicted octanol–water partition coefficient (Wildman–Crippen LogP) is 4.74. The first-order chi connectivity index (χ1) is 20.4. The molecule has 10 nitrogen and oxygen atoms in total. The lowest BCUT2D eigenvalue weighted by molar-refractivity contribution is 0.0115. The van der Waals surface area contributed by atoms with Crippen LogP contribution < -0.4 is 26.0 Å². The molecule has 0 saturated carbocycles. The highest BCUT2D eigenvalue weighted by atomic mass is 19.2. The molecule has 220 valence electrons. The predicted molar refractivity (Wildman–Crippen MR) is 158 cm³/mol. The molecule has 0 spiro atoms. The number of carbonyl (C=O) groups is 1. The Labute approximate surface area is 241 Å². The summed E-state index contributed by atoms with van der Waals surface area (Å²) in [5, 5.41) is 7.06. The van der Waals surface area contributed by atoms with Gasteiger partial charge in [0.1, 0.15) is 11.6 Å². The van der Waals surface area contributed by atoms with Crippen molar-refractivity contribution >= 4 is 45.4 Å². The van der Waals surface area contributed by atoms with Crippen LogP contribution in [0.25, 0.3) is 10.9 Å². The summed E-state index contributed by atoms with van der Waals surface area (Å²) in [6.45, 7) is 5.64. The van der Waals surface area contributed by atoms with Crippen molar-refractivity contribution in [3.8, 4) is 5.75 Å². The first-order valence-corrected chi connectivity index (χ1v) is 13.9. The van der Waals surface area contributed by atoms with Gasteiger partial charge in [0.25, 0.3) is 5.91 Å². The Morgan fingerprint density at radius 3 is 2.50 bits per heavy atom. The highest BCUT2D eigenvalue weighted by Crippen LogP contribution is 2.36. The number of methoxy groups -OCH3 is 1. The maximum absolute atomic E-state index is 14.0. The van der Waals surface area contributed by atoms with Gasteiger partial charge in [0.05, 0.1) is 60.9 Å². The number of pyridine rings is 1. The topological polar surface area (TPSA) is 121 Å². The second-order valence-electron chi connectivity index (χ2n) is 10.5. The fourth-order valence-corrected chi connectivity index (χ4v) is 5.77. The third-order valence-electron chi connectivity index (χ3n) is 7.99. The van der Waals surface area contributed by atoms with E-state index >= 15 is 0 Å². The molecule has 42 heavy (non-hydrogen) atoms. The van der Waals surface area contributed by atoms with Crippen LogP contribution in [0.5, 0.6) is 5.75 Å². The van der Waals surface area contributed by atoms with Crippen LogP contribution in [-0.4, -0.2) is 73.3 Å². The Hall–Kier alpha value is -4.42. The molecule has 2 aromatic heterocycles. The first kappa shape index (κ1) is 27.7. The Morgan fingerprint density at radius 2 is 1.76 bits per heavy atom. The monoisotopic (exact) mass is 577 g/mol. The third kappa shape index (κ3) is 5.68. The number of carbonyl (C=O) groups excluding carboxylic acids is 1. The molecular formula is C30H33F2N7O3. The molecule has 0 atom stereocenters. The second-order valence-corrected chi connectivity index (χ2v) is 10.5. The summed E-state index contributed by atoms with van der Waals surface area (Å²) in [5.74, 6) is -1.78. The van der Waals surface area contributed by atoms with Crippen molar-refractivity contribution < 1.29 is 23.0 Å². The number of halogens is 2. The number of piperidine rings is 1. The molecule has 2 aromatic carbocycles. The van der Waals surface area contributed by atoms with Crippen LogP contribution >= 0.6 is 0 Å². The number of amides is 1. The van der Waals surface area contributed by atoms with Gasteiger partial charge in [-0.2, -0.15) is 0 Å². The van der Waals surface area contributed by atoms with E-state index < -0.39 is 17.5 Å². The Bertz CT molecular complexity index is 1600. The van der Waals surface area contributed by atoms with Gasteiger partial charge in [-0.25, -0.2) is 8.78 Å². The molecule has 2 aliphatic rings. The zero-order valence-electron chi connectivity index (χ0n) is 23.3. The molecule has 0 radical (unpaired) electrons. The second kappa shape index (κ2) is 11.8. The minimum atomic E-state index is -1.16. The number of H-pyrrole nitrogens is 1. The number of fused-ring (bicyclic) bond motifs is 1. The molecule has 2 fully saturated rings. The van der Waals surface area contributed by atoms with E-state index in [1.54, 1.807) is 13.3 Å². The van der Waals surface area contributed by atoms with Crippen LogP contribution in [0.3, 0.4) is 0 Å². The van der Waals surface area contributed by atoms with Gasteiger partial charge in [-0.05, 0) is 37.1 Å². The zero-order valence-corrected chi connectivity index (χ0v) is 23.3. The number of morpholine rings is 1. The van der Waals surface area contributed by atoms with E-state index in [1.807, 2.05) is 18.2 Å². The summed E-state index contributed by atoms with van der Waals surface area (Å²) in [6, 6.07) is 10.3. The highest BCUT2D eigenvalue weighted by Gasteiger charge is 2.26. The normalized spacial score (nSPS) is 16.5. The van der Waals surface area contributed by atoms with E-state index in [2.05, 4.69) is 36.5 Å². The van der Waals surface area contributed by atoms with Gasteiger partial charge in [-0.1, -0.05) is 0 Å². The van der Waals surface area contributed by atoms with Crippen molar-refractivity contribution in [3.05, 3.63) is 66.0 Å². The number of ether oxygens (including phenoxy) is 2. The van der Waals surface area contributed by atoms with Gasteiger partial charge in [-0.15, -0.1) is 0 Å². The fraction of sp³-hybridized carbons (Fsp3) is 0.333. The number of aromatic nitrogens is 2. The molecule has 12 heteroatoms. The molecule has 4 heterocycles. The molecule has 5 N–H and O–H groups in total. The third-order valence-corrected chi connectivity index (χ3v) is 7.99. The molecule has 1 amide bonds. The largest absolute Gasteiger partial charge is 0.494 e. The Morgan fingerprint density at radius 1 is 1.00 bits per heavy atom. The number of rotatable bonds is 8. The van der Waals surface area contributed by atoms with Crippen LogP contribution in [0.1, 0.15) is 23.2 Å². The van der Waals surface area contributed by atoms with E-state index in [4.69, 9.17) is 15.2 Å². The van der Waals surface area contributed by atoms with E-state index in [9.17, 15) is 13.6 Å². The summed E-state index contributed by atoms with van der Waals surface area (Å²) in [5.41, 5.74) is 8.31. The van der Waals surface area contributed by atoms with Crippen LogP contribution in [0.2, 0.25) is 0 Å². The molecule has 0 unspecified atom stereocenters. The lowest BCUT2D eigenvalue weighted by atomic mass is 10.0. The van der Waals surface area contributed by atoms with Gasteiger partial charge in [0.15, 0.2) is 11.6 Å². The minimum Gasteiger partial charge on any atom is -0.494 e. The van der Waals surface area contributed by atoms with E-state index in [0.29, 0.717) is 34.2 Å². The van der Waals surface area contributed by atoms with Crippen LogP contribution in [0, 0.1) is 11.6 Å². The SMILES string of the molecule is COc1cc(N2CCC(N3CCOCC3)CC2)ccc1Nc1cc2c(Nc3cc(F)c(F)cc3C(N)=O)cncc2[nH]1. The first-order valence-electron chi connectivity index (χ1n) is 13.9. The number of nitrogens with two attached hydrogens (primary N) is 1. The highest BCUT2D eigenvalue weighted by molar-refractivity contribution is 6.02. The van der Waals surface area contributed by atoms with Gasteiger partial charge < -0.3 is 35.7 Å². The Kier molecular flexibility index (Phi) is 7.81. The molecule has 6 rings (SSSR count). The van der Waals surface area contributed by atoms with Crippen molar-refractivity contribution in [2.24, 2.45) is 5.73 Å². The lowest BCUT2D eigenvalue weighted by Gasteiger charge is -2.40. The maximum Gasteiger partial charge on any atom is 0.250 e. The van der Waals surface area contributed by atoms with Crippen molar-refractivity contribution in [1.29, 1.82) is 0 Å². The Balaban J connectivity index is 1.19. The quantitative estimate of drug-likeness (QED) is 0.237. The number of nitrogens with zero attached hydrogens (tertiary/aromatic N) is 3. The van der Waals surface area contributed by atoms with Gasteiger partial charge >= 0.3 is 0 Å². The van der Waals surface area contributed by atoms with E-state index in [1.165, 1.54) is 6.20 Å². The smallest absolute Gasteiger partial charge is 0.250 e. The maximum atomic E-state index is 14.0. The van der Waals surface area contributed by atoms with Gasteiger partial charge in [0.2, 0.25) is 0 Å². The number of primary amides is 1. The molecule has 0 aliphatic carbocycles. The lowest BCUT2D eigenvalue weighted by Crippen LogP contribution is -2.49. The molecule has 2 saturated heterocycles. The molecular weight excluding hydrogens is 544 g/mol. The number of benzene rings is 2. The summed E-state index contributed by atoms with van der Waals surface area (Å²) >= 11 is 0. The minimum absolute atomic E-state index is 0.0395. The van der Waals surface area contributed by atoms with Crippen molar-refractivity contribution in [1.82, 2.24) is 14.9 Å². The summed E-state index contributed by atoms with van der Waals surface area (Å²) in [7, 11) is 1.64. The van der Waals surface area contributed by atoms with E-state index in [0.717, 1.165) is 75.7 Å². The summed E-state index contributed by atoms with van der Waals surface area (Å²) in [6.07, 6.45) is 5.41.